The quantitative estimate of drug-likeness (QED) is 0.671. The molecule has 1 heterocycles. The van der Waals surface area contributed by atoms with Crippen molar-refractivity contribution in [3.05, 3.63) is 29.8 Å². The number of carbonyl (C=O) groups is 2. The molecule has 1 atom stereocenters. The molecule has 0 saturated carbocycles. The van der Waals surface area contributed by atoms with Crippen LogP contribution in [-0.4, -0.2) is 48.8 Å². The Labute approximate surface area is 154 Å². The van der Waals surface area contributed by atoms with Gasteiger partial charge < -0.3 is 10.4 Å². The number of hydrogen-bond acceptors (Lipinski definition) is 4. The van der Waals surface area contributed by atoms with Crippen LogP contribution in [-0.2, 0) is 14.8 Å². The molecule has 1 fully saturated rings. The molecule has 1 aliphatic heterocycles. The van der Waals surface area contributed by atoms with Gasteiger partial charge >= 0.3 is 5.97 Å². The van der Waals surface area contributed by atoms with Gasteiger partial charge in [-0.15, -0.1) is 0 Å². The van der Waals surface area contributed by atoms with Crippen molar-refractivity contribution in [1.82, 2.24) is 9.62 Å². The average Bonchev–Trinajstić information content (AvgIpc) is 2.61. The minimum Gasteiger partial charge on any atom is -0.481 e. The molecule has 144 valence electrons. The van der Waals surface area contributed by atoms with E-state index in [4.69, 9.17) is 5.11 Å². The monoisotopic (exact) mass is 382 g/mol. The largest absolute Gasteiger partial charge is 0.481 e. The van der Waals surface area contributed by atoms with E-state index in [0.717, 1.165) is 19.3 Å². The standard InChI is InChI=1S/C18H26N2O5S/c1-14-7-3-5-12-20(14)26(24,25)16-9-6-8-15(13-16)18(23)19-11-4-2-10-17(21)22/h6,8-9,13-14H,2-5,7,10-12H2,1H3,(H,19,23)(H,21,22). The maximum Gasteiger partial charge on any atom is 0.303 e. The number of rotatable bonds is 8. The summed E-state index contributed by atoms with van der Waals surface area (Å²) in [6, 6.07) is 6.02. The van der Waals surface area contributed by atoms with Crippen LogP contribution in [0.4, 0.5) is 0 Å². The Kier molecular flexibility index (Phi) is 7.16. The van der Waals surface area contributed by atoms with Crippen LogP contribution in [0.2, 0.25) is 0 Å². The van der Waals surface area contributed by atoms with E-state index in [2.05, 4.69) is 5.32 Å². The molecule has 2 rings (SSSR count). The van der Waals surface area contributed by atoms with Crippen molar-refractivity contribution >= 4 is 21.9 Å². The van der Waals surface area contributed by atoms with Crippen LogP contribution in [0.3, 0.4) is 0 Å². The normalized spacial score (nSPS) is 18.4. The third-order valence-electron chi connectivity index (χ3n) is 4.55. The van der Waals surface area contributed by atoms with Gasteiger partial charge in [0.25, 0.3) is 5.91 Å². The van der Waals surface area contributed by atoms with Crippen LogP contribution < -0.4 is 5.32 Å². The van der Waals surface area contributed by atoms with Crippen LogP contribution in [0, 0.1) is 0 Å². The van der Waals surface area contributed by atoms with Crippen molar-refractivity contribution in [3.8, 4) is 0 Å². The second-order valence-electron chi connectivity index (χ2n) is 6.60. The Morgan fingerprint density at radius 1 is 1.27 bits per heavy atom. The van der Waals surface area contributed by atoms with Gasteiger partial charge in [-0.05, 0) is 50.8 Å². The molecule has 1 unspecified atom stereocenters. The maximum absolute atomic E-state index is 12.9. The number of sulfonamides is 1. The fourth-order valence-electron chi connectivity index (χ4n) is 3.07. The highest BCUT2D eigenvalue weighted by Gasteiger charge is 2.31. The van der Waals surface area contributed by atoms with Crippen LogP contribution >= 0.6 is 0 Å². The van der Waals surface area contributed by atoms with Crippen molar-refractivity contribution in [2.45, 2.75) is 56.4 Å². The predicted octanol–water partition coefficient (Wildman–Crippen LogP) is 2.23. The van der Waals surface area contributed by atoms with Gasteiger partial charge in [-0.2, -0.15) is 4.31 Å². The van der Waals surface area contributed by atoms with Gasteiger partial charge in [0.05, 0.1) is 4.90 Å². The number of piperidine rings is 1. The van der Waals surface area contributed by atoms with Gasteiger partial charge in [0.1, 0.15) is 0 Å². The molecule has 0 spiro atoms. The Hall–Kier alpha value is -1.93. The number of carboxylic acids is 1. The molecule has 0 radical (unpaired) electrons. The Bertz CT molecular complexity index is 748. The average molecular weight is 382 g/mol. The fourth-order valence-corrected chi connectivity index (χ4v) is 4.81. The van der Waals surface area contributed by atoms with Crippen molar-refractivity contribution in [2.24, 2.45) is 0 Å². The first-order chi connectivity index (χ1) is 12.3. The lowest BCUT2D eigenvalue weighted by atomic mass is 10.1. The molecule has 0 bridgehead atoms. The second kappa shape index (κ2) is 9.14. The van der Waals surface area contributed by atoms with Crippen molar-refractivity contribution < 1.29 is 23.1 Å². The summed E-state index contributed by atoms with van der Waals surface area (Å²) in [5.41, 5.74) is 0.286. The highest BCUT2D eigenvalue weighted by molar-refractivity contribution is 7.89. The first kappa shape index (κ1) is 20.4. The van der Waals surface area contributed by atoms with Gasteiger partial charge in [0.2, 0.25) is 10.0 Å². The zero-order valence-electron chi connectivity index (χ0n) is 15.0. The highest BCUT2D eigenvalue weighted by Crippen LogP contribution is 2.25. The van der Waals surface area contributed by atoms with E-state index in [1.807, 2.05) is 6.92 Å². The van der Waals surface area contributed by atoms with Gasteiger partial charge in [0.15, 0.2) is 0 Å². The van der Waals surface area contributed by atoms with Gasteiger partial charge in [-0.1, -0.05) is 12.5 Å². The van der Waals surface area contributed by atoms with Gasteiger partial charge in [-0.25, -0.2) is 8.42 Å². The lowest BCUT2D eigenvalue weighted by Gasteiger charge is -2.32. The third-order valence-corrected chi connectivity index (χ3v) is 6.56. The van der Waals surface area contributed by atoms with Crippen molar-refractivity contribution in [2.75, 3.05) is 13.1 Å². The summed E-state index contributed by atoms with van der Waals surface area (Å²) in [6.45, 7) is 2.76. The molecule has 2 N–H and O–H groups in total. The third kappa shape index (κ3) is 5.28. The number of nitrogens with one attached hydrogen (secondary N) is 1. The van der Waals surface area contributed by atoms with Crippen LogP contribution in [0.15, 0.2) is 29.2 Å². The molecule has 1 amide bonds. The molecule has 0 aromatic heterocycles. The number of aliphatic carboxylic acids is 1. The lowest BCUT2D eigenvalue weighted by molar-refractivity contribution is -0.137. The smallest absolute Gasteiger partial charge is 0.303 e. The van der Waals surface area contributed by atoms with E-state index >= 15 is 0 Å². The number of carbonyl (C=O) groups excluding carboxylic acids is 1. The zero-order valence-corrected chi connectivity index (χ0v) is 15.8. The summed E-state index contributed by atoms with van der Waals surface area (Å²) < 4.78 is 27.3. The van der Waals surface area contributed by atoms with Crippen LogP contribution in [0.1, 0.15) is 55.8 Å². The minimum absolute atomic E-state index is 0.0412. The molecule has 1 saturated heterocycles. The minimum atomic E-state index is -3.62. The fraction of sp³-hybridized carbons (Fsp3) is 0.556. The lowest BCUT2D eigenvalue weighted by Crippen LogP contribution is -2.42. The molecule has 7 nitrogen and oxygen atoms in total. The number of carboxylic acid groups (broad SMARTS) is 1. The number of unbranched alkanes of at least 4 members (excludes halogenated alkanes) is 1. The maximum atomic E-state index is 12.9. The van der Waals surface area contributed by atoms with E-state index < -0.39 is 16.0 Å². The van der Waals surface area contributed by atoms with E-state index in [0.29, 0.717) is 25.9 Å². The highest BCUT2D eigenvalue weighted by atomic mass is 32.2. The Morgan fingerprint density at radius 3 is 2.73 bits per heavy atom. The summed E-state index contributed by atoms with van der Waals surface area (Å²) >= 11 is 0. The number of nitrogens with zero attached hydrogens (tertiary/aromatic N) is 1. The number of hydrogen-bond donors (Lipinski definition) is 2. The number of amides is 1. The molecular weight excluding hydrogens is 356 g/mol. The summed E-state index contributed by atoms with van der Waals surface area (Å²) in [7, 11) is -3.62. The number of benzene rings is 1. The first-order valence-corrected chi connectivity index (χ1v) is 10.4. The second-order valence-corrected chi connectivity index (χ2v) is 8.49. The van der Waals surface area contributed by atoms with Crippen molar-refractivity contribution in [3.63, 3.8) is 0 Å². The molecule has 0 aliphatic carbocycles. The van der Waals surface area contributed by atoms with Gasteiger partial charge in [-0.3, -0.25) is 9.59 Å². The Balaban J connectivity index is 2.02. The zero-order chi connectivity index (χ0) is 19.2. The van der Waals surface area contributed by atoms with Gasteiger partial charge in [0, 0.05) is 31.1 Å². The van der Waals surface area contributed by atoms with E-state index in [-0.39, 0.29) is 28.8 Å². The first-order valence-electron chi connectivity index (χ1n) is 8.94. The Morgan fingerprint density at radius 2 is 2.04 bits per heavy atom. The molecule has 1 aromatic rings. The van der Waals surface area contributed by atoms with E-state index in [1.165, 1.54) is 16.4 Å². The molecule has 26 heavy (non-hydrogen) atoms. The summed E-state index contributed by atoms with van der Waals surface area (Å²) in [5.74, 6) is -1.22. The summed E-state index contributed by atoms with van der Waals surface area (Å²) in [6.07, 6.45) is 3.82. The van der Waals surface area contributed by atoms with Crippen molar-refractivity contribution in [1.29, 1.82) is 0 Å². The predicted molar refractivity (Wildman–Crippen MR) is 97.5 cm³/mol. The SMILES string of the molecule is CC1CCCCN1S(=O)(=O)c1cccc(C(=O)NCCCCC(=O)O)c1. The molecular formula is C18H26N2O5S. The summed E-state index contributed by atoms with van der Waals surface area (Å²) in [4.78, 5) is 22.8. The van der Waals surface area contributed by atoms with E-state index in [1.54, 1.807) is 12.1 Å². The molecule has 1 aromatic carbocycles. The summed E-state index contributed by atoms with van der Waals surface area (Å²) in [5, 5.41) is 11.3. The van der Waals surface area contributed by atoms with E-state index in [9.17, 15) is 18.0 Å². The molecule has 1 aliphatic rings. The van der Waals surface area contributed by atoms with Crippen LogP contribution in [0.25, 0.3) is 0 Å². The van der Waals surface area contributed by atoms with Crippen LogP contribution in [0.5, 0.6) is 0 Å². The topological polar surface area (TPSA) is 104 Å². The molecule has 8 heteroatoms.